The van der Waals surface area contributed by atoms with E-state index in [0.29, 0.717) is 0 Å². The van der Waals surface area contributed by atoms with Gasteiger partial charge < -0.3 is 9.97 Å². The second kappa shape index (κ2) is 15.5. The van der Waals surface area contributed by atoms with Crippen molar-refractivity contribution >= 4 is 7.26 Å². The van der Waals surface area contributed by atoms with E-state index in [2.05, 4.69) is 37.7 Å². The van der Waals surface area contributed by atoms with Crippen LogP contribution < -0.4 is 4.98 Å². The van der Waals surface area contributed by atoms with Crippen molar-refractivity contribution < 1.29 is 0 Å². The fourth-order valence-electron chi connectivity index (χ4n) is 2.84. The topological polar surface area (TPSA) is 27.0 Å². The maximum Gasteiger partial charge on any atom is 0.0594 e. The Hall–Kier alpha value is -0.360. The van der Waals surface area contributed by atoms with Crippen LogP contribution in [0.25, 0.3) is 0 Å². The first-order valence-corrected chi connectivity index (χ1v) is 12.0. The minimum absolute atomic E-state index is 0.562. The average Bonchev–Trinajstić information content (AvgIpc) is 3.13. The highest BCUT2D eigenvalue weighted by molar-refractivity contribution is 7.75. The lowest BCUT2D eigenvalue weighted by molar-refractivity contribution is 0.814. The third-order valence-corrected chi connectivity index (χ3v) is 9.38. The molecule has 1 rings (SSSR count). The Kier molecular flexibility index (Phi) is 15.3. The first-order chi connectivity index (χ1) is 10.7. The van der Waals surface area contributed by atoms with E-state index in [4.69, 9.17) is 0 Å². The molecule has 130 valence electrons. The molecule has 1 heterocycles. The van der Waals surface area contributed by atoms with Crippen molar-refractivity contribution in [1.29, 1.82) is 0 Å². The molecule has 0 fully saturated rings. The van der Waals surface area contributed by atoms with Gasteiger partial charge in [-0.2, -0.15) is 0 Å². The fraction of sp³-hybridized carbons (Fsp3) is 0.842. The van der Waals surface area contributed by atoms with Gasteiger partial charge in [0.25, 0.3) is 0 Å². The van der Waals surface area contributed by atoms with Crippen LogP contribution in [0.2, 0.25) is 0 Å². The predicted octanol–water partition coefficient (Wildman–Crippen LogP) is 6.24. The zero-order valence-electron chi connectivity index (χ0n) is 15.6. The number of hydrogen-bond acceptors (Lipinski definition) is 1. The van der Waals surface area contributed by atoms with E-state index < -0.39 is 7.26 Å². The van der Waals surface area contributed by atoms with Crippen molar-refractivity contribution in [2.24, 2.45) is 0 Å². The van der Waals surface area contributed by atoms with E-state index in [1.807, 2.05) is 0 Å². The maximum absolute atomic E-state index is 3.61. The van der Waals surface area contributed by atoms with Crippen molar-refractivity contribution in [1.82, 2.24) is 9.97 Å². The van der Waals surface area contributed by atoms with Crippen molar-refractivity contribution in [3.63, 3.8) is 0 Å². The van der Waals surface area contributed by atoms with Crippen LogP contribution >= 0.6 is 7.26 Å². The van der Waals surface area contributed by atoms with Gasteiger partial charge in [0.1, 0.15) is 0 Å². The highest BCUT2D eigenvalue weighted by Crippen LogP contribution is 2.61. The van der Waals surface area contributed by atoms with Crippen LogP contribution in [-0.4, -0.2) is 29.6 Å². The fourth-order valence-corrected chi connectivity index (χ4v) is 8.13. The van der Waals surface area contributed by atoms with Gasteiger partial charge in [-0.15, -0.1) is 0 Å². The molecular weight excluding hydrogens is 287 g/mol. The van der Waals surface area contributed by atoms with E-state index >= 15 is 0 Å². The molecule has 0 unspecified atom stereocenters. The van der Waals surface area contributed by atoms with E-state index in [1.54, 1.807) is 37.0 Å². The van der Waals surface area contributed by atoms with Gasteiger partial charge in [0, 0.05) is 7.26 Å². The van der Waals surface area contributed by atoms with Crippen LogP contribution in [0.5, 0.6) is 0 Å². The van der Waals surface area contributed by atoms with Crippen LogP contribution in [0.15, 0.2) is 18.7 Å². The molecular formula is C19H39N2P. The van der Waals surface area contributed by atoms with Crippen molar-refractivity contribution in [2.75, 3.05) is 24.6 Å². The highest BCUT2D eigenvalue weighted by atomic mass is 31.2. The smallest absolute Gasteiger partial charge is 0.0594 e. The molecule has 2 nitrogen and oxygen atoms in total. The molecule has 0 aliphatic heterocycles. The third-order valence-electron chi connectivity index (χ3n) is 4.32. The minimum Gasteiger partial charge on any atom is -0.450 e. The number of unbranched alkanes of at least 4 members (excludes halogenated alkanes) is 4. The summed E-state index contributed by atoms with van der Waals surface area (Å²) in [6.45, 7) is 9.42. The van der Waals surface area contributed by atoms with Gasteiger partial charge in [0.05, 0.1) is 24.6 Å². The van der Waals surface area contributed by atoms with E-state index in [1.165, 1.54) is 57.7 Å². The molecule has 0 N–H and O–H groups in total. The van der Waals surface area contributed by atoms with Crippen molar-refractivity contribution in [2.45, 2.75) is 79.1 Å². The Morgan fingerprint density at radius 2 is 1.14 bits per heavy atom. The van der Waals surface area contributed by atoms with Gasteiger partial charge in [-0.1, -0.05) is 72.1 Å². The van der Waals surface area contributed by atoms with Crippen molar-refractivity contribution in [3.05, 3.63) is 18.7 Å². The van der Waals surface area contributed by atoms with Crippen LogP contribution in [0.1, 0.15) is 79.1 Å². The van der Waals surface area contributed by atoms with Gasteiger partial charge in [-0.25, -0.2) is 0 Å². The first-order valence-electron chi connectivity index (χ1n) is 9.46. The van der Waals surface area contributed by atoms with Gasteiger partial charge in [-0.05, 0) is 25.7 Å². The Morgan fingerprint density at radius 1 is 0.727 bits per heavy atom. The lowest BCUT2D eigenvalue weighted by Gasteiger charge is -2.28. The van der Waals surface area contributed by atoms with Gasteiger partial charge >= 0.3 is 0 Å². The summed E-state index contributed by atoms with van der Waals surface area (Å²) in [5.41, 5.74) is 0. The lowest BCUT2D eigenvalue weighted by atomic mass is 10.4. The molecule has 0 aliphatic carbocycles. The van der Waals surface area contributed by atoms with Gasteiger partial charge in [0.2, 0.25) is 0 Å². The Balaban J connectivity index is 0.000000734. The number of aromatic nitrogens is 2. The summed E-state index contributed by atoms with van der Waals surface area (Å²) in [5.74, 6) is 0. The zero-order valence-corrected chi connectivity index (χ0v) is 16.5. The molecule has 0 spiro atoms. The number of hydrogen-bond donors (Lipinski definition) is 0. The summed E-state index contributed by atoms with van der Waals surface area (Å²) in [6.07, 6.45) is 22.7. The van der Waals surface area contributed by atoms with E-state index in [9.17, 15) is 0 Å². The zero-order chi connectivity index (χ0) is 16.5. The Bertz CT molecular complexity index is 244. The largest absolute Gasteiger partial charge is 0.450 e. The maximum atomic E-state index is 3.61. The Labute approximate surface area is 140 Å². The minimum atomic E-state index is -0.562. The first kappa shape index (κ1) is 21.6. The molecule has 0 saturated carbocycles. The molecule has 0 aromatic carbocycles. The molecule has 22 heavy (non-hydrogen) atoms. The summed E-state index contributed by atoms with van der Waals surface area (Å²) >= 11 is 0. The SMILES string of the molecule is CCCC[P+](CCCC)(CCCC)CCCC.c1c[n-]cn1. The van der Waals surface area contributed by atoms with Crippen LogP contribution in [0.4, 0.5) is 0 Å². The summed E-state index contributed by atoms with van der Waals surface area (Å²) in [6, 6.07) is 0. The molecule has 0 atom stereocenters. The second-order valence-corrected chi connectivity index (χ2v) is 10.8. The van der Waals surface area contributed by atoms with E-state index in [0.717, 1.165) is 0 Å². The standard InChI is InChI=1S/C16H36P.C3H3N2/c1-5-9-13-17(14-10-6-2,15-11-7-3)16-12-8-4;1-2-5-3-4-1/h5-16H2,1-4H3;1-3H/q+1;-1. The summed E-state index contributed by atoms with van der Waals surface area (Å²) in [4.78, 5) is 7.22. The van der Waals surface area contributed by atoms with Crippen LogP contribution in [0.3, 0.4) is 0 Å². The Morgan fingerprint density at radius 3 is 1.32 bits per heavy atom. The molecule has 1 aromatic rings. The quantitative estimate of drug-likeness (QED) is 0.425. The van der Waals surface area contributed by atoms with Gasteiger partial charge in [-0.3, -0.25) is 0 Å². The monoisotopic (exact) mass is 326 g/mol. The van der Waals surface area contributed by atoms with Crippen LogP contribution in [-0.2, 0) is 0 Å². The second-order valence-electron chi connectivity index (χ2n) is 6.36. The third kappa shape index (κ3) is 11.2. The number of rotatable bonds is 12. The lowest BCUT2D eigenvalue weighted by Crippen LogP contribution is -2.12. The number of nitrogens with zero attached hydrogens (tertiary/aromatic N) is 2. The normalized spacial score (nSPS) is 11.1. The molecule has 0 radical (unpaired) electrons. The molecule has 1 aromatic heterocycles. The highest BCUT2D eigenvalue weighted by Gasteiger charge is 2.34. The average molecular weight is 327 g/mol. The molecule has 0 amide bonds. The molecule has 0 bridgehead atoms. The van der Waals surface area contributed by atoms with Crippen molar-refractivity contribution in [3.8, 4) is 0 Å². The van der Waals surface area contributed by atoms with E-state index in [-0.39, 0.29) is 0 Å². The summed E-state index contributed by atoms with van der Waals surface area (Å²) in [7, 11) is -0.562. The van der Waals surface area contributed by atoms with Crippen LogP contribution in [0, 0.1) is 0 Å². The molecule has 0 saturated heterocycles. The molecule has 3 heteroatoms. The molecule has 0 aliphatic rings. The summed E-state index contributed by atoms with van der Waals surface area (Å²) in [5, 5.41) is 0. The van der Waals surface area contributed by atoms with Gasteiger partial charge in [0.15, 0.2) is 0 Å². The summed E-state index contributed by atoms with van der Waals surface area (Å²) < 4.78 is 0. The number of imidazole rings is 1. The predicted molar refractivity (Wildman–Crippen MR) is 104 cm³/mol.